The van der Waals surface area contributed by atoms with Crippen LogP contribution in [0.25, 0.3) is 0 Å². The molecule has 1 heterocycles. The van der Waals surface area contributed by atoms with Crippen LogP contribution in [0.3, 0.4) is 0 Å². The number of nitrogens with one attached hydrogen (secondary N) is 1. The quantitative estimate of drug-likeness (QED) is 0.794. The summed E-state index contributed by atoms with van der Waals surface area (Å²) in [5.41, 5.74) is 0. The average molecular weight is 267 g/mol. The Balaban J connectivity index is 2.93. The topological polar surface area (TPSA) is 47.6 Å². The van der Waals surface area contributed by atoms with Crippen molar-refractivity contribution < 1.29 is 13.6 Å². The maximum atomic E-state index is 12.4. The molecule has 16 heavy (non-hydrogen) atoms. The van der Waals surface area contributed by atoms with Gasteiger partial charge in [-0.05, 0) is 19.8 Å². The van der Waals surface area contributed by atoms with Crippen LogP contribution >= 0.6 is 19.4 Å². The van der Waals surface area contributed by atoms with E-state index in [2.05, 4.69) is 33.0 Å². The molecular weight excluding hydrogens is 245 g/mol. The molecule has 4 nitrogen and oxygen atoms in total. The lowest BCUT2D eigenvalue weighted by atomic mass is 10.2. The molecule has 0 aromatic heterocycles. The van der Waals surface area contributed by atoms with E-state index in [0.717, 1.165) is 0 Å². The molecule has 2 unspecified atom stereocenters. The summed E-state index contributed by atoms with van der Waals surface area (Å²) < 4.78 is 22.4. The van der Waals surface area contributed by atoms with E-state index < -0.39 is 7.60 Å². The molecule has 1 aliphatic rings. The van der Waals surface area contributed by atoms with Gasteiger partial charge in [-0.15, -0.1) is 11.8 Å². The van der Waals surface area contributed by atoms with Gasteiger partial charge < -0.3 is 9.05 Å². The van der Waals surface area contributed by atoms with Gasteiger partial charge in [0.05, 0.1) is 5.37 Å². The number of rotatable bonds is 4. The predicted octanol–water partition coefficient (Wildman–Crippen LogP) is 2.90. The van der Waals surface area contributed by atoms with Crippen molar-refractivity contribution in [3.05, 3.63) is 0 Å². The summed E-state index contributed by atoms with van der Waals surface area (Å²) in [6.07, 6.45) is 0. The van der Waals surface area contributed by atoms with Crippen LogP contribution in [0.15, 0.2) is 0 Å². The average Bonchev–Trinajstić information content (AvgIpc) is 2.54. The lowest BCUT2D eigenvalue weighted by Crippen LogP contribution is -2.39. The standard InChI is InChI=1S/C10H22NO3PS/c1-7(2)8-11-9(10(3,4)16-8)15(12,13-5)14-6/h7-9,11H,1-6H3. The molecule has 0 aromatic carbocycles. The second-order valence-electron chi connectivity index (χ2n) is 4.86. The number of hydrogen-bond acceptors (Lipinski definition) is 5. The Labute approximate surface area is 102 Å². The van der Waals surface area contributed by atoms with Crippen molar-refractivity contribution in [1.82, 2.24) is 5.32 Å². The van der Waals surface area contributed by atoms with Gasteiger partial charge in [-0.25, -0.2) is 0 Å². The summed E-state index contributed by atoms with van der Waals surface area (Å²) in [7, 11) is -0.180. The van der Waals surface area contributed by atoms with Gasteiger partial charge in [-0.2, -0.15) is 0 Å². The summed E-state index contributed by atoms with van der Waals surface area (Å²) >= 11 is 1.80. The van der Waals surface area contributed by atoms with Crippen molar-refractivity contribution >= 4 is 19.4 Å². The summed E-state index contributed by atoms with van der Waals surface area (Å²) in [4.78, 5) is 0. The molecule has 1 saturated heterocycles. The van der Waals surface area contributed by atoms with Gasteiger partial charge in [0.15, 0.2) is 0 Å². The van der Waals surface area contributed by atoms with Crippen molar-refractivity contribution in [2.75, 3.05) is 14.2 Å². The summed E-state index contributed by atoms with van der Waals surface area (Å²) in [5, 5.41) is 3.66. The molecule has 1 aliphatic heterocycles. The fourth-order valence-electron chi connectivity index (χ4n) is 1.87. The summed E-state index contributed by atoms with van der Waals surface area (Å²) in [6, 6.07) is 0. The van der Waals surface area contributed by atoms with Crippen molar-refractivity contribution in [2.24, 2.45) is 5.92 Å². The lowest BCUT2D eigenvalue weighted by molar-refractivity contribution is 0.253. The van der Waals surface area contributed by atoms with Gasteiger partial charge in [-0.3, -0.25) is 9.88 Å². The first-order valence-electron chi connectivity index (χ1n) is 5.42. The molecule has 0 radical (unpaired) electrons. The third kappa shape index (κ3) is 2.65. The minimum atomic E-state index is -3.06. The molecule has 0 spiro atoms. The first kappa shape index (κ1) is 14.5. The zero-order valence-corrected chi connectivity index (χ0v) is 12.5. The number of hydrogen-bond donors (Lipinski definition) is 1. The molecule has 0 amide bonds. The maximum Gasteiger partial charge on any atom is 0.348 e. The van der Waals surface area contributed by atoms with Crippen LogP contribution in [0.1, 0.15) is 27.7 Å². The van der Waals surface area contributed by atoms with Gasteiger partial charge in [0.2, 0.25) is 0 Å². The van der Waals surface area contributed by atoms with E-state index in [-0.39, 0.29) is 10.5 Å². The van der Waals surface area contributed by atoms with E-state index in [1.165, 1.54) is 14.2 Å². The minimum Gasteiger partial charge on any atom is -0.311 e. The molecule has 96 valence electrons. The molecule has 1 rings (SSSR count). The van der Waals surface area contributed by atoms with Gasteiger partial charge in [0.25, 0.3) is 0 Å². The zero-order chi connectivity index (χ0) is 12.6. The predicted molar refractivity (Wildman–Crippen MR) is 68.8 cm³/mol. The minimum absolute atomic E-state index is 0.156. The molecule has 0 saturated carbocycles. The van der Waals surface area contributed by atoms with Gasteiger partial charge >= 0.3 is 7.60 Å². The fraction of sp³-hybridized carbons (Fsp3) is 1.00. The Morgan fingerprint density at radius 3 is 2.12 bits per heavy atom. The third-order valence-electron chi connectivity index (χ3n) is 2.84. The van der Waals surface area contributed by atoms with Crippen LogP contribution in [0, 0.1) is 5.92 Å². The monoisotopic (exact) mass is 267 g/mol. The second-order valence-corrected chi connectivity index (χ2v) is 8.98. The van der Waals surface area contributed by atoms with E-state index in [0.29, 0.717) is 11.3 Å². The molecule has 1 N–H and O–H groups in total. The van der Waals surface area contributed by atoms with Gasteiger partial charge in [-0.1, -0.05) is 13.8 Å². The lowest BCUT2D eigenvalue weighted by Gasteiger charge is -2.29. The van der Waals surface area contributed by atoms with Gasteiger partial charge in [0.1, 0.15) is 5.78 Å². The Morgan fingerprint density at radius 1 is 1.31 bits per heavy atom. The van der Waals surface area contributed by atoms with Crippen LogP contribution in [0.5, 0.6) is 0 Å². The van der Waals surface area contributed by atoms with Crippen molar-refractivity contribution in [3.8, 4) is 0 Å². The highest BCUT2D eigenvalue weighted by Crippen LogP contribution is 2.60. The normalized spacial score (nSPS) is 29.9. The van der Waals surface area contributed by atoms with Crippen LogP contribution in [-0.2, 0) is 13.6 Å². The zero-order valence-electron chi connectivity index (χ0n) is 10.8. The second kappa shape index (κ2) is 4.99. The largest absolute Gasteiger partial charge is 0.348 e. The van der Waals surface area contributed by atoms with E-state index in [9.17, 15) is 4.57 Å². The van der Waals surface area contributed by atoms with Gasteiger partial charge in [0, 0.05) is 19.0 Å². The number of thioether (sulfide) groups is 1. The molecule has 2 atom stereocenters. The SMILES string of the molecule is COP(=O)(OC)C1NC(C(C)C)SC1(C)C. The molecule has 0 bridgehead atoms. The molecule has 1 fully saturated rings. The summed E-state index contributed by atoms with van der Waals surface area (Å²) in [5.74, 6) is 0.226. The molecule has 6 heteroatoms. The van der Waals surface area contributed by atoms with Crippen LogP contribution < -0.4 is 5.32 Å². The fourth-order valence-corrected chi connectivity index (χ4v) is 5.54. The van der Waals surface area contributed by atoms with Crippen LogP contribution in [-0.4, -0.2) is 30.1 Å². The van der Waals surface area contributed by atoms with Crippen LogP contribution in [0.2, 0.25) is 0 Å². The Kier molecular flexibility index (Phi) is 4.53. The van der Waals surface area contributed by atoms with E-state index >= 15 is 0 Å². The highest BCUT2D eigenvalue weighted by atomic mass is 32.2. The Bertz CT molecular complexity index is 288. The van der Waals surface area contributed by atoms with Crippen molar-refractivity contribution in [2.45, 2.75) is 43.6 Å². The highest BCUT2D eigenvalue weighted by Gasteiger charge is 2.52. The Hall–Kier alpha value is 0.460. The smallest absolute Gasteiger partial charge is 0.311 e. The van der Waals surface area contributed by atoms with E-state index in [1.807, 2.05) is 0 Å². The third-order valence-corrected chi connectivity index (χ3v) is 7.24. The van der Waals surface area contributed by atoms with Crippen molar-refractivity contribution in [3.63, 3.8) is 0 Å². The molecule has 0 aliphatic carbocycles. The first-order chi connectivity index (χ1) is 7.27. The van der Waals surface area contributed by atoms with E-state index in [1.54, 1.807) is 11.8 Å². The molecular formula is C10H22NO3PS. The highest BCUT2D eigenvalue weighted by molar-refractivity contribution is 8.01. The Morgan fingerprint density at radius 2 is 1.81 bits per heavy atom. The molecule has 0 aromatic rings. The maximum absolute atomic E-state index is 12.4. The first-order valence-corrected chi connectivity index (χ1v) is 7.91. The van der Waals surface area contributed by atoms with Crippen LogP contribution in [0.4, 0.5) is 0 Å². The summed E-state index contributed by atoms with van der Waals surface area (Å²) in [6.45, 7) is 8.44. The van der Waals surface area contributed by atoms with Crippen molar-refractivity contribution in [1.29, 1.82) is 0 Å². The van der Waals surface area contributed by atoms with E-state index in [4.69, 9.17) is 9.05 Å².